The van der Waals surface area contributed by atoms with Gasteiger partial charge in [-0.15, -0.1) is 11.3 Å². The maximum atomic E-state index is 12.4. The fourth-order valence-electron chi connectivity index (χ4n) is 2.92. The van der Waals surface area contributed by atoms with Gasteiger partial charge in [-0.1, -0.05) is 12.1 Å². The van der Waals surface area contributed by atoms with Gasteiger partial charge < -0.3 is 14.5 Å². The molecule has 3 rings (SSSR count). The third kappa shape index (κ3) is 4.64. The summed E-state index contributed by atoms with van der Waals surface area (Å²) in [6.07, 6.45) is 0.446. The molecule has 0 N–H and O–H groups in total. The Labute approximate surface area is 158 Å². The molecule has 0 unspecified atom stereocenters. The highest BCUT2D eigenvalue weighted by atomic mass is 32.1. The summed E-state index contributed by atoms with van der Waals surface area (Å²) in [5.74, 6) is 0.811. The summed E-state index contributed by atoms with van der Waals surface area (Å²) < 4.78 is 5.63. The van der Waals surface area contributed by atoms with Crippen molar-refractivity contribution in [1.29, 1.82) is 0 Å². The van der Waals surface area contributed by atoms with Gasteiger partial charge in [0.1, 0.15) is 5.75 Å². The number of thiophene rings is 1. The maximum absolute atomic E-state index is 12.4. The minimum Gasteiger partial charge on any atom is -0.484 e. The second kappa shape index (κ2) is 8.36. The van der Waals surface area contributed by atoms with E-state index >= 15 is 0 Å². The van der Waals surface area contributed by atoms with Crippen molar-refractivity contribution in [2.45, 2.75) is 20.3 Å². The number of hydrogen-bond acceptors (Lipinski definition) is 4. The molecule has 138 valence electrons. The summed E-state index contributed by atoms with van der Waals surface area (Å²) in [6, 6.07) is 9.76. The molecule has 1 fully saturated rings. The summed E-state index contributed by atoms with van der Waals surface area (Å²) in [4.78, 5) is 29.4. The van der Waals surface area contributed by atoms with Gasteiger partial charge in [0, 0.05) is 31.1 Å². The van der Waals surface area contributed by atoms with E-state index in [4.69, 9.17) is 4.74 Å². The Hall–Kier alpha value is -2.34. The topological polar surface area (TPSA) is 49.9 Å². The van der Waals surface area contributed by atoms with E-state index in [0.29, 0.717) is 38.3 Å². The van der Waals surface area contributed by atoms with Crippen molar-refractivity contribution >= 4 is 23.2 Å². The van der Waals surface area contributed by atoms with E-state index in [9.17, 15) is 9.59 Å². The second-order valence-electron chi connectivity index (χ2n) is 6.55. The van der Waals surface area contributed by atoms with Crippen molar-refractivity contribution in [1.82, 2.24) is 9.80 Å². The van der Waals surface area contributed by atoms with Crippen molar-refractivity contribution in [3.05, 3.63) is 51.7 Å². The van der Waals surface area contributed by atoms with Crippen LogP contribution in [0.2, 0.25) is 0 Å². The lowest BCUT2D eigenvalue weighted by atomic mass is 10.1. The largest absolute Gasteiger partial charge is 0.484 e. The van der Waals surface area contributed by atoms with Crippen LogP contribution in [-0.2, 0) is 16.0 Å². The van der Waals surface area contributed by atoms with Gasteiger partial charge >= 0.3 is 0 Å². The summed E-state index contributed by atoms with van der Waals surface area (Å²) in [5.41, 5.74) is 2.35. The number of aryl methyl sites for hydroxylation is 2. The van der Waals surface area contributed by atoms with Crippen molar-refractivity contribution in [2.75, 3.05) is 32.8 Å². The van der Waals surface area contributed by atoms with Gasteiger partial charge in [0.2, 0.25) is 5.91 Å². The predicted molar refractivity (Wildman–Crippen MR) is 103 cm³/mol. The number of carbonyl (C=O) groups excluding carboxylic acids is 2. The first-order chi connectivity index (χ1) is 12.5. The van der Waals surface area contributed by atoms with E-state index in [1.807, 2.05) is 54.5 Å². The Morgan fingerprint density at radius 2 is 1.69 bits per heavy atom. The molecule has 2 aromatic rings. The van der Waals surface area contributed by atoms with E-state index < -0.39 is 0 Å². The number of ether oxygens (including phenoxy) is 1. The number of amides is 2. The summed E-state index contributed by atoms with van der Waals surface area (Å²) in [5, 5.41) is 1.98. The zero-order valence-electron chi connectivity index (χ0n) is 15.2. The standard InChI is InChI=1S/C20H24N2O3S/c1-15-5-6-17(12-16(15)2)25-14-20(24)22-9-7-21(8-10-22)19(23)13-18-4-3-11-26-18/h3-6,11-12H,7-10,13-14H2,1-2H3. The molecule has 0 spiro atoms. The maximum Gasteiger partial charge on any atom is 0.260 e. The molecule has 6 heteroatoms. The molecule has 2 amide bonds. The average Bonchev–Trinajstić information content (AvgIpc) is 3.15. The quantitative estimate of drug-likeness (QED) is 0.811. The van der Waals surface area contributed by atoms with Crippen LogP contribution in [0.15, 0.2) is 35.7 Å². The van der Waals surface area contributed by atoms with E-state index in [0.717, 1.165) is 10.4 Å². The van der Waals surface area contributed by atoms with Gasteiger partial charge in [0.05, 0.1) is 6.42 Å². The van der Waals surface area contributed by atoms with Crippen LogP contribution < -0.4 is 4.74 Å². The van der Waals surface area contributed by atoms with Crippen LogP contribution in [0.1, 0.15) is 16.0 Å². The Kier molecular flexibility index (Phi) is 5.93. The number of benzene rings is 1. The van der Waals surface area contributed by atoms with E-state index in [1.165, 1.54) is 5.56 Å². The van der Waals surface area contributed by atoms with Gasteiger partial charge in [-0.05, 0) is 48.6 Å². The number of carbonyl (C=O) groups is 2. The Morgan fingerprint density at radius 3 is 2.31 bits per heavy atom. The van der Waals surface area contributed by atoms with E-state index in [-0.39, 0.29) is 18.4 Å². The van der Waals surface area contributed by atoms with Crippen LogP contribution in [0.5, 0.6) is 5.75 Å². The van der Waals surface area contributed by atoms with Crippen LogP contribution in [0.25, 0.3) is 0 Å². The molecular weight excluding hydrogens is 348 g/mol. The highest BCUT2D eigenvalue weighted by molar-refractivity contribution is 7.10. The molecule has 26 heavy (non-hydrogen) atoms. The molecule has 5 nitrogen and oxygen atoms in total. The molecule has 0 aliphatic carbocycles. The zero-order chi connectivity index (χ0) is 18.5. The minimum absolute atomic E-state index is 0.0334. The zero-order valence-corrected chi connectivity index (χ0v) is 16.1. The smallest absolute Gasteiger partial charge is 0.260 e. The van der Waals surface area contributed by atoms with Gasteiger partial charge in [-0.2, -0.15) is 0 Å². The monoisotopic (exact) mass is 372 g/mol. The first-order valence-electron chi connectivity index (χ1n) is 8.81. The van der Waals surface area contributed by atoms with Crippen LogP contribution >= 0.6 is 11.3 Å². The average molecular weight is 372 g/mol. The first-order valence-corrected chi connectivity index (χ1v) is 9.69. The molecule has 1 aliphatic rings. The van der Waals surface area contributed by atoms with Crippen LogP contribution in [0.4, 0.5) is 0 Å². The minimum atomic E-state index is -0.0337. The SMILES string of the molecule is Cc1ccc(OCC(=O)N2CCN(C(=O)Cc3cccs3)CC2)cc1C. The molecule has 2 heterocycles. The fourth-order valence-corrected chi connectivity index (χ4v) is 3.62. The molecule has 0 radical (unpaired) electrons. The summed E-state index contributed by atoms with van der Waals surface area (Å²) in [6.45, 7) is 6.39. The van der Waals surface area contributed by atoms with Crippen molar-refractivity contribution in [2.24, 2.45) is 0 Å². The third-order valence-corrected chi connectivity index (χ3v) is 5.61. The van der Waals surface area contributed by atoms with Gasteiger partial charge in [-0.25, -0.2) is 0 Å². The summed E-state index contributed by atoms with van der Waals surface area (Å²) >= 11 is 1.60. The number of piperazine rings is 1. The lowest BCUT2D eigenvalue weighted by Gasteiger charge is -2.34. The van der Waals surface area contributed by atoms with Crippen molar-refractivity contribution < 1.29 is 14.3 Å². The Bertz CT molecular complexity index is 765. The highest BCUT2D eigenvalue weighted by Crippen LogP contribution is 2.17. The van der Waals surface area contributed by atoms with Gasteiger partial charge in [0.15, 0.2) is 6.61 Å². The molecular formula is C20H24N2O3S. The third-order valence-electron chi connectivity index (χ3n) is 4.73. The first kappa shape index (κ1) is 18.5. The lowest BCUT2D eigenvalue weighted by molar-refractivity contribution is -0.140. The molecule has 1 aliphatic heterocycles. The highest BCUT2D eigenvalue weighted by Gasteiger charge is 2.24. The van der Waals surface area contributed by atoms with E-state index in [1.54, 1.807) is 16.2 Å². The Morgan fingerprint density at radius 1 is 1.00 bits per heavy atom. The molecule has 1 saturated heterocycles. The predicted octanol–water partition coefficient (Wildman–Crippen LogP) is 2.66. The normalized spacial score (nSPS) is 14.4. The summed E-state index contributed by atoms with van der Waals surface area (Å²) in [7, 11) is 0. The van der Waals surface area contributed by atoms with E-state index in [2.05, 4.69) is 0 Å². The van der Waals surface area contributed by atoms with Gasteiger partial charge in [0.25, 0.3) is 5.91 Å². The van der Waals surface area contributed by atoms with Crippen molar-refractivity contribution in [3.8, 4) is 5.75 Å². The molecule has 0 atom stereocenters. The Balaban J connectivity index is 1.44. The van der Waals surface area contributed by atoms with Crippen LogP contribution in [0.3, 0.4) is 0 Å². The molecule has 0 saturated carbocycles. The number of hydrogen-bond donors (Lipinski definition) is 0. The van der Waals surface area contributed by atoms with Crippen molar-refractivity contribution in [3.63, 3.8) is 0 Å². The fraction of sp³-hybridized carbons (Fsp3) is 0.400. The lowest BCUT2D eigenvalue weighted by Crippen LogP contribution is -2.51. The van der Waals surface area contributed by atoms with Crippen LogP contribution in [-0.4, -0.2) is 54.4 Å². The number of rotatable bonds is 5. The molecule has 1 aromatic carbocycles. The molecule has 0 bridgehead atoms. The second-order valence-corrected chi connectivity index (χ2v) is 7.58. The van der Waals surface area contributed by atoms with Crippen LogP contribution in [0, 0.1) is 13.8 Å². The molecule has 1 aromatic heterocycles. The van der Waals surface area contributed by atoms with Gasteiger partial charge in [-0.3, -0.25) is 9.59 Å². The number of nitrogens with zero attached hydrogens (tertiary/aromatic N) is 2.